The number of amidine groups is 1. The molecule has 5 heteroatoms. The van der Waals surface area contributed by atoms with Crippen LogP contribution in [0, 0.1) is 12.8 Å². The summed E-state index contributed by atoms with van der Waals surface area (Å²) in [5.41, 5.74) is 1.47. The molecule has 2 heterocycles. The molecule has 1 aromatic heterocycles. The van der Waals surface area contributed by atoms with E-state index < -0.39 is 0 Å². The topological polar surface area (TPSA) is 37.3 Å². The molecule has 0 aromatic carbocycles. The highest BCUT2D eigenvalue weighted by Gasteiger charge is 2.40. The van der Waals surface area contributed by atoms with Gasteiger partial charge in [0.15, 0.2) is 5.17 Å². The van der Waals surface area contributed by atoms with Crippen LogP contribution >= 0.6 is 23.1 Å². The molecular formula is C15H23N3S2. The van der Waals surface area contributed by atoms with Gasteiger partial charge in [0.25, 0.3) is 0 Å². The molecule has 3 nitrogen and oxygen atoms in total. The first-order chi connectivity index (χ1) is 9.65. The molecular weight excluding hydrogens is 286 g/mol. The summed E-state index contributed by atoms with van der Waals surface area (Å²) in [5, 5.41) is 8.20. The number of nitrogens with zero attached hydrogens (tertiary/aromatic N) is 2. The number of thiazole rings is 1. The van der Waals surface area contributed by atoms with Crippen molar-refractivity contribution in [1.29, 1.82) is 0 Å². The van der Waals surface area contributed by atoms with E-state index in [0.29, 0.717) is 5.54 Å². The van der Waals surface area contributed by atoms with Gasteiger partial charge in [-0.3, -0.25) is 4.99 Å². The van der Waals surface area contributed by atoms with E-state index in [9.17, 15) is 0 Å². The standard InChI is InChI=1S/C15H23N3S2/c1-11-4-3-6-15(8-11)10-20-14(18-15)16-7-5-13-17-12(2)9-19-13/h9,11H,3-8,10H2,1-2H3,(H,16,18). The van der Waals surface area contributed by atoms with Crippen molar-refractivity contribution in [3.8, 4) is 0 Å². The highest BCUT2D eigenvalue weighted by molar-refractivity contribution is 8.14. The predicted octanol–water partition coefficient (Wildman–Crippen LogP) is 3.64. The minimum atomic E-state index is 0.346. The van der Waals surface area contributed by atoms with Gasteiger partial charge in [-0.15, -0.1) is 11.3 Å². The second-order valence-corrected chi connectivity index (χ2v) is 8.12. The highest BCUT2D eigenvalue weighted by atomic mass is 32.2. The van der Waals surface area contributed by atoms with Crippen molar-refractivity contribution in [3.63, 3.8) is 0 Å². The van der Waals surface area contributed by atoms with E-state index in [4.69, 9.17) is 4.99 Å². The molecule has 2 atom stereocenters. The number of aryl methyl sites for hydroxylation is 1. The Kier molecular flexibility index (Phi) is 4.36. The molecule has 110 valence electrons. The predicted molar refractivity (Wildman–Crippen MR) is 88.8 cm³/mol. The quantitative estimate of drug-likeness (QED) is 0.926. The summed E-state index contributed by atoms with van der Waals surface area (Å²) in [6, 6.07) is 0. The lowest BCUT2D eigenvalue weighted by Gasteiger charge is -2.36. The van der Waals surface area contributed by atoms with Crippen LogP contribution in [-0.4, -0.2) is 28.0 Å². The summed E-state index contributed by atoms with van der Waals surface area (Å²) in [6.45, 7) is 5.29. The van der Waals surface area contributed by atoms with Crippen LogP contribution in [0.2, 0.25) is 0 Å². The van der Waals surface area contributed by atoms with Gasteiger partial charge in [0, 0.05) is 35.3 Å². The third kappa shape index (κ3) is 3.37. The van der Waals surface area contributed by atoms with Crippen LogP contribution in [0.3, 0.4) is 0 Å². The lowest BCUT2D eigenvalue weighted by molar-refractivity contribution is 0.242. The molecule has 2 unspecified atom stereocenters. The summed E-state index contributed by atoms with van der Waals surface area (Å²) in [5.74, 6) is 2.06. The maximum Gasteiger partial charge on any atom is 0.157 e. The van der Waals surface area contributed by atoms with Gasteiger partial charge in [0.2, 0.25) is 0 Å². The average Bonchev–Trinajstić information content (AvgIpc) is 2.97. The van der Waals surface area contributed by atoms with Crippen molar-refractivity contribution < 1.29 is 0 Å². The van der Waals surface area contributed by atoms with Crippen LogP contribution in [0.4, 0.5) is 0 Å². The van der Waals surface area contributed by atoms with Gasteiger partial charge in [0.1, 0.15) is 0 Å². The Morgan fingerprint density at radius 3 is 3.20 bits per heavy atom. The number of hydrogen-bond acceptors (Lipinski definition) is 4. The Bertz CT molecular complexity index is 497. The summed E-state index contributed by atoms with van der Waals surface area (Å²) < 4.78 is 0. The molecule has 0 amide bonds. The zero-order valence-corrected chi connectivity index (χ0v) is 13.9. The molecule has 2 aliphatic rings. The molecule has 1 aliphatic carbocycles. The minimum absolute atomic E-state index is 0.346. The van der Waals surface area contributed by atoms with Crippen molar-refractivity contribution in [1.82, 2.24) is 10.3 Å². The normalized spacial score (nSPS) is 31.9. The van der Waals surface area contributed by atoms with Crippen LogP contribution < -0.4 is 5.32 Å². The van der Waals surface area contributed by atoms with Crippen molar-refractivity contribution in [2.75, 3.05) is 12.3 Å². The second-order valence-electron chi connectivity index (χ2n) is 6.22. The van der Waals surface area contributed by atoms with Gasteiger partial charge in [-0.1, -0.05) is 31.5 Å². The van der Waals surface area contributed by atoms with E-state index in [1.165, 1.54) is 36.4 Å². The SMILES string of the molecule is Cc1csc(CCN=C2NC3(CCCC(C)C3)CS2)n1. The number of aliphatic imine (C=N–C) groups is 1. The fourth-order valence-corrected chi connectivity index (χ4v) is 5.25. The van der Waals surface area contributed by atoms with Crippen molar-refractivity contribution in [2.24, 2.45) is 10.9 Å². The molecule has 2 fully saturated rings. The molecule has 1 aromatic rings. The first kappa shape index (κ1) is 14.4. The fraction of sp³-hybridized carbons (Fsp3) is 0.733. The molecule has 1 saturated carbocycles. The molecule has 1 aliphatic heterocycles. The Balaban J connectivity index is 1.52. The van der Waals surface area contributed by atoms with E-state index in [0.717, 1.165) is 29.7 Å². The van der Waals surface area contributed by atoms with Gasteiger partial charge in [-0.25, -0.2) is 4.98 Å². The molecule has 1 N–H and O–H groups in total. The van der Waals surface area contributed by atoms with Crippen LogP contribution in [0.25, 0.3) is 0 Å². The first-order valence-electron chi connectivity index (χ1n) is 7.52. The Morgan fingerprint density at radius 2 is 2.45 bits per heavy atom. The van der Waals surface area contributed by atoms with Crippen LogP contribution in [0.1, 0.15) is 43.3 Å². The first-order valence-corrected chi connectivity index (χ1v) is 9.38. The van der Waals surface area contributed by atoms with Crippen molar-refractivity contribution >= 4 is 28.3 Å². The summed E-state index contributed by atoms with van der Waals surface area (Å²) in [6.07, 6.45) is 6.34. The minimum Gasteiger partial charge on any atom is -0.359 e. The van der Waals surface area contributed by atoms with Gasteiger partial charge in [-0.2, -0.15) is 0 Å². The second kappa shape index (κ2) is 6.06. The molecule has 1 spiro atoms. The Labute approximate surface area is 129 Å². The van der Waals surface area contributed by atoms with E-state index in [-0.39, 0.29) is 0 Å². The third-order valence-corrected chi connectivity index (χ3v) is 6.42. The van der Waals surface area contributed by atoms with Crippen LogP contribution in [0.15, 0.2) is 10.4 Å². The number of rotatable bonds is 3. The zero-order chi connectivity index (χ0) is 14.0. The zero-order valence-electron chi connectivity index (χ0n) is 12.3. The van der Waals surface area contributed by atoms with E-state index in [1.807, 2.05) is 18.7 Å². The van der Waals surface area contributed by atoms with Crippen molar-refractivity contribution in [2.45, 2.75) is 51.5 Å². The maximum absolute atomic E-state index is 4.74. The van der Waals surface area contributed by atoms with Gasteiger partial charge >= 0.3 is 0 Å². The molecule has 20 heavy (non-hydrogen) atoms. The summed E-state index contributed by atoms with van der Waals surface area (Å²) >= 11 is 3.66. The van der Waals surface area contributed by atoms with Gasteiger partial charge in [-0.05, 0) is 25.7 Å². The lowest BCUT2D eigenvalue weighted by atomic mass is 9.78. The maximum atomic E-state index is 4.74. The number of thioether (sulfide) groups is 1. The summed E-state index contributed by atoms with van der Waals surface area (Å²) in [4.78, 5) is 9.23. The summed E-state index contributed by atoms with van der Waals surface area (Å²) in [7, 11) is 0. The molecule has 0 radical (unpaired) electrons. The number of hydrogen-bond donors (Lipinski definition) is 1. The lowest BCUT2D eigenvalue weighted by Crippen LogP contribution is -2.47. The smallest absolute Gasteiger partial charge is 0.157 e. The molecule has 3 rings (SSSR count). The highest BCUT2D eigenvalue weighted by Crippen LogP contribution is 2.38. The van der Waals surface area contributed by atoms with Crippen LogP contribution in [-0.2, 0) is 6.42 Å². The van der Waals surface area contributed by atoms with Crippen molar-refractivity contribution in [3.05, 3.63) is 16.1 Å². The largest absolute Gasteiger partial charge is 0.359 e. The van der Waals surface area contributed by atoms with Gasteiger partial charge in [0.05, 0.1) is 5.01 Å². The number of aromatic nitrogens is 1. The molecule has 0 bridgehead atoms. The number of nitrogens with one attached hydrogen (secondary N) is 1. The van der Waals surface area contributed by atoms with E-state index in [1.54, 1.807) is 11.3 Å². The monoisotopic (exact) mass is 309 g/mol. The Morgan fingerprint density at radius 1 is 1.55 bits per heavy atom. The van der Waals surface area contributed by atoms with E-state index in [2.05, 4.69) is 22.6 Å². The average molecular weight is 310 g/mol. The van der Waals surface area contributed by atoms with Crippen LogP contribution in [0.5, 0.6) is 0 Å². The fourth-order valence-electron chi connectivity index (χ4n) is 3.27. The van der Waals surface area contributed by atoms with Gasteiger partial charge < -0.3 is 5.32 Å². The Hall–Kier alpha value is -0.550. The molecule has 1 saturated heterocycles. The third-order valence-electron chi connectivity index (χ3n) is 4.20. The van der Waals surface area contributed by atoms with E-state index >= 15 is 0 Å².